The number of benzene rings is 1. The highest BCUT2D eigenvalue weighted by Crippen LogP contribution is 2.38. The van der Waals surface area contributed by atoms with Crippen molar-refractivity contribution in [3.05, 3.63) is 60.4 Å². The average molecular weight is 673 g/mol. The van der Waals surface area contributed by atoms with Gasteiger partial charge in [0.2, 0.25) is 0 Å². The van der Waals surface area contributed by atoms with E-state index in [1.54, 1.807) is 18.2 Å². The fourth-order valence-electron chi connectivity index (χ4n) is 3.37. The van der Waals surface area contributed by atoms with E-state index in [0.717, 1.165) is 25.0 Å². The van der Waals surface area contributed by atoms with Gasteiger partial charge in [-0.3, -0.25) is 0 Å². The largest absolute Gasteiger partial charge is 0.494 e. The van der Waals surface area contributed by atoms with Crippen LogP contribution < -0.4 is 20.3 Å². The predicted octanol–water partition coefficient (Wildman–Crippen LogP) is 6.09. The second-order valence-electron chi connectivity index (χ2n) is 8.67. The van der Waals surface area contributed by atoms with Gasteiger partial charge in [0.1, 0.15) is 17.4 Å². The first-order valence-corrected chi connectivity index (χ1v) is 12.5. The van der Waals surface area contributed by atoms with Gasteiger partial charge >= 0.3 is 30.5 Å². The third-order valence-electron chi connectivity index (χ3n) is 5.45. The summed E-state index contributed by atoms with van der Waals surface area (Å²) in [6.45, 7) is 2.87. The van der Waals surface area contributed by atoms with E-state index in [1.165, 1.54) is 19.4 Å². The third kappa shape index (κ3) is 11.8. The molecule has 4 rings (SSSR count). The minimum absolute atomic E-state index is 0.155. The van der Waals surface area contributed by atoms with Gasteiger partial charge in [0.15, 0.2) is 0 Å². The van der Waals surface area contributed by atoms with Crippen LogP contribution in [0.3, 0.4) is 0 Å². The number of rotatable bonds is 6. The van der Waals surface area contributed by atoms with Crippen LogP contribution in [-0.2, 0) is 20.5 Å². The number of hydrogen-bond acceptors (Lipinski definition) is 9. The monoisotopic (exact) mass is 673 g/mol. The van der Waals surface area contributed by atoms with Crippen molar-refractivity contribution in [1.82, 2.24) is 9.97 Å². The molecule has 0 bridgehead atoms. The lowest BCUT2D eigenvalue weighted by Gasteiger charge is -2.29. The maximum Gasteiger partial charge on any atom is 0.490 e. The van der Waals surface area contributed by atoms with Crippen molar-refractivity contribution in [3.8, 4) is 5.75 Å². The van der Waals surface area contributed by atoms with E-state index in [9.17, 15) is 39.5 Å². The number of aromatic nitrogens is 2. The molecule has 2 aromatic heterocycles. The van der Waals surface area contributed by atoms with E-state index < -0.39 is 36.0 Å². The van der Waals surface area contributed by atoms with Gasteiger partial charge in [-0.1, -0.05) is 6.07 Å². The first-order chi connectivity index (χ1) is 21.3. The number of ether oxygens (including phenoxy) is 2. The Labute approximate surface area is 253 Å². The summed E-state index contributed by atoms with van der Waals surface area (Å²) in [5.74, 6) is -4.44. The Morgan fingerprint density at radius 1 is 0.826 bits per heavy atom. The van der Waals surface area contributed by atoms with Crippen molar-refractivity contribution < 1.29 is 68.8 Å². The smallest absolute Gasteiger partial charge is 0.490 e. The second kappa shape index (κ2) is 15.8. The summed E-state index contributed by atoms with van der Waals surface area (Å²) >= 11 is 0. The molecule has 4 N–H and O–H groups in total. The topological polar surface area (TPSA) is 146 Å². The molecule has 1 aliphatic rings. The van der Waals surface area contributed by atoms with Crippen molar-refractivity contribution >= 4 is 40.6 Å². The lowest BCUT2D eigenvalue weighted by Crippen LogP contribution is -2.36. The number of nitrogens with zero attached hydrogens (tertiary/aromatic N) is 3. The Hall–Kier alpha value is -5.01. The van der Waals surface area contributed by atoms with Gasteiger partial charge in [-0.25, -0.2) is 19.6 Å². The van der Waals surface area contributed by atoms with Crippen molar-refractivity contribution in [2.45, 2.75) is 18.5 Å². The van der Waals surface area contributed by atoms with Crippen LogP contribution in [0.25, 0.3) is 0 Å². The Balaban J connectivity index is 0.000000440. The maximum atomic E-state index is 13.5. The highest BCUT2D eigenvalue weighted by molar-refractivity contribution is 5.74. The number of nitrogens with one attached hydrogen (secondary N) is 2. The van der Waals surface area contributed by atoms with Crippen molar-refractivity contribution in [2.75, 3.05) is 48.9 Å². The van der Waals surface area contributed by atoms with Crippen molar-refractivity contribution in [2.24, 2.45) is 0 Å². The zero-order valence-electron chi connectivity index (χ0n) is 23.3. The summed E-state index contributed by atoms with van der Waals surface area (Å²) < 4.78 is 115. The second-order valence-corrected chi connectivity index (χ2v) is 8.67. The van der Waals surface area contributed by atoms with E-state index in [-0.39, 0.29) is 11.5 Å². The number of pyridine rings is 2. The molecule has 1 fully saturated rings. The first kappa shape index (κ1) is 37.2. The van der Waals surface area contributed by atoms with Crippen LogP contribution in [0.2, 0.25) is 0 Å². The Bertz CT molecular complexity index is 1420. The first-order valence-electron chi connectivity index (χ1n) is 12.5. The van der Waals surface area contributed by atoms with Gasteiger partial charge in [-0.2, -0.15) is 39.5 Å². The van der Waals surface area contributed by atoms with Crippen LogP contribution >= 0.6 is 0 Å². The minimum Gasteiger partial charge on any atom is -0.494 e. The summed E-state index contributed by atoms with van der Waals surface area (Å²) in [4.78, 5) is 28.0. The standard InChI is InChI=1S/C22H22F3N5O2.2C2HF3O2/c1-31-19-12-15(30-8-10-32-11-9-30)5-6-17(19)28-21-13-18(16(14-27-21)22(23,24)25)29-20-4-2-3-7-26-20;2*3-2(4,5)1(6)7/h2-7,12-14H,8-11H2,1H3,(H2,26,27,28,29);2*(H,6,7). The average Bonchev–Trinajstić information content (AvgIpc) is 2.97. The number of halogens is 9. The van der Waals surface area contributed by atoms with Crippen LogP contribution in [0, 0.1) is 0 Å². The SMILES string of the molecule is COc1cc(N2CCOCC2)ccc1Nc1cc(Nc2ccccn2)c(C(F)(F)F)cn1.O=C(O)C(F)(F)F.O=C(O)C(F)(F)F. The molecule has 252 valence electrons. The van der Waals surface area contributed by atoms with E-state index in [0.29, 0.717) is 30.5 Å². The van der Waals surface area contributed by atoms with Crippen molar-refractivity contribution in [1.29, 1.82) is 0 Å². The zero-order chi connectivity index (χ0) is 34.7. The summed E-state index contributed by atoms with van der Waals surface area (Å²) in [7, 11) is 1.54. The fraction of sp³-hybridized carbons (Fsp3) is 0.308. The Morgan fingerprint density at radius 3 is 1.87 bits per heavy atom. The molecule has 1 aliphatic heterocycles. The van der Waals surface area contributed by atoms with Crippen LogP contribution in [0.4, 0.5) is 68.2 Å². The summed E-state index contributed by atoms with van der Waals surface area (Å²) in [6.07, 6.45) is -12.4. The molecule has 11 nitrogen and oxygen atoms in total. The molecule has 0 unspecified atom stereocenters. The number of hydrogen-bond donors (Lipinski definition) is 4. The Kier molecular flexibility index (Phi) is 12.8. The molecule has 0 aliphatic carbocycles. The zero-order valence-corrected chi connectivity index (χ0v) is 23.3. The number of morpholine rings is 1. The van der Waals surface area contributed by atoms with E-state index in [4.69, 9.17) is 29.3 Å². The minimum atomic E-state index is -5.08. The van der Waals surface area contributed by atoms with Gasteiger partial charge < -0.3 is 35.2 Å². The summed E-state index contributed by atoms with van der Waals surface area (Å²) in [5.41, 5.74) is 0.523. The molecule has 1 saturated heterocycles. The predicted molar refractivity (Wildman–Crippen MR) is 143 cm³/mol. The van der Waals surface area contributed by atoms with Gasteiger partial charge in [-0.15, -0.1) is 0 Å². The van der Waals surface area contributed by atoms with Gasteiger partial charge in [0.05, 0.1) is 37.3 Å². The molecule has 3 heterocycles. The summed E-state index contributed by atoms with van der Waals surface area (Å²) in [5, 5.41) is 20.0. The van der Waals surface area contributed by atoms with E-state index in [1.807, 2.05) is 18.2 Å². The van der Waals surface area contributed by atoms with E-state index >= 15 is 0 Å². The fourth-order valence-corrected chi connectivity index (χ4v) is 3.37. The molecule has 20 heteroatoms. The van der Waals surface area contributed by atoms with Gasteiger partial charge in [0.25, 0.3) is 0 Å². The third-order valence-corrected chi connectivity index (χ3v) is 5.45. The molecule has 46 heavy (non-hydrogen) atoms. The number of alkyl halides is 9. The molecule has 3 aromatic rings. The highest BCUT2D eigenvalue weighted by atomic mass is 19.4. The number of methoxy groups -OCH3 is 1. The van der Waals surface area contributed by atoms with Gasteiger partial charge in [-0.05, 0) is 24.3 Å². The Morgan fingerprint density at radius 2 is 1.39 bits per heavy atom. The molecule has 0 saturated carbocycles. The van der Waals surface area contributed by atoms with Crippen molar-refractivity contribution in [3.63, 3.8) is 0 Å². The quantitative estimate of drug-likeness (QED) is 0.226. The number of carboxylic acids is 2. The highest BCUT2D eigenvalue weighted by Gasteiger charge is 2.39. The van der Waals surface area contributed by atoms with Crippen LogP contribution in [0.15, 0.2) is 54.9 Å². The molecular formula is C26H24F9N5O6. The molecule has 0 atom stereocenters. The summed E-state index contributed by atoms with van der Waals surface area (Å²) in [6, 6.07) is 11.9. The number of aliphatic carboxylic acids is 2. The number of anilines is 5. The molecule has 1 aromatic carbocycles. The molecule has 0 radical (unpaired) electrons. The van der Waals surface area contributed by atoms with Crippen LogP contribution in [0.1, 0.15) is 5.56 Å². The van der Waals surface area contributed by atoms with Gasteiger partial charge in [0, 0.05) is 43.3 Å². The van der Waals surface area contributed by atoms with Crippen LogP contribution in [-0.4, -0.2) is 77.9 Å². The normalized spacial score (nSPS) is 13.3. The molecule has 0 amide bonds. The van der Waals surface area contributed by atoms with Crippen LogP contribution in [0.5, 0.6) is 5.75 Å². The maximum absolute atomic E-state index is 13.5. The molecular weight excluding hydrogens is 649 g/mol. The number of carboxylic acid groups (broad SMARTS) is 2. The van der Waals surface area contributed by atoms with E-state index in [2.05, 4.69) is 25.5 Å². The lowest BCUT2D eigenvalue weighted by atomic mass is 10.2. The molecule has 0 spiro atoms. The number of carbonyl (C=O) groups is 2. The lowest BCUT2D eigenvalue weighted by molar-refractivity contribution is -0.193.